The molecule has 156 valence electrons. The molecule has 0 aliphatic rings. The minimum absolute atomic E-state index is 0.0544. The van der Waals surface area contributed by atoms with Gasteiger partial charge in [-0.05, 0) is 41.8 Å². The molecule has 0 radical (unpaired) electrons. The fourth-order valence-electron chi connectivity index (χ4n) is 3.25. The number of hydrogen-bond donors (Lipinski definition) is 2. The molecule has 4 aromatic rings. The molecule has 2 aromatic heterocycles. The van der Waals surface area contributed by atoms with Crippen molar-refractivity contribution in [3.05, 3.63) is 52.9 Å². The summed E-state index contributed by atoms with van der Waals surface area (Å²) >= 11 is 9.06. The highest BCUT2D eigenvalue weighted by Crippen LogP contribution is 2.39. The minimum atomic E-state index is -3.96. The Labute approximate surface area is 187 Å². The van der Waals surface area contributed by atoms with Crippen LogP contribution in [0.5, 0.6) is 0 Å². The second kappa shape index (κ2) is 7.94. The van der Waals surface area contributed by atoms with E-state index in [-0.39, 0.29) is 10.8 Å². The van der Waals surface area contributed by atoms with Crippen LogP contribution < -0.4 is 4.72 Å². The molecule has 0 unspecified atom stereocenters. The number of hydrogen-bond acceptors (Lipinski definition) is 5. The van der Waals surface area contributed by atoms with Crippen LogP contribution in [0.2, 0.25) is 4.34 Å². The van der Waals surface area contributed by atoms with Gasteiger partial charge in [-0.2, -0.15) is 4.72 Å². The molecule has 0 saturated heterocycles. The molecule has 4 rings (SSSR count). The molecule has 30 heavy (non-hydrogen) atoms. The summed E-state index contributed by atoms with van der Waals surface area (Å²) in [4.78, 5) is 12.5. The SMILES string of the molecule is CC(C)[C@H](NS(=O)(=O)c1ccc2c(c1)sc1cc(-c3ccc(Cl)s3)ccc12)C(=O)O. The van der Waals surface area contributed by atoms with Crippen molar-refractivity contribution in [3.8, 4) is 10.4 Å². The van der Waals surface area contributed by atoms with Crippen molar-refractivity contribution in [3.63, 3.8) is 0 Å². The van der Waals surface area contributed by atoms with Gasteiger partial charge in [-0.15, -0.1) is 22.7 Å². The zero-order chi connectivity index (χ0) is 21.6. The van der Waals surface area contributed by atoms with Crippen LogP contribution in [0.3, 0.4) is 0 Å². The molecule has 9 heteroatoms. The third kappa shape index (κ3) is 3.98. The highest BCUT2D eigenvalue weighted by Gasteiger charge is 2.28. The normalized spacial score (nSPS) is 13.3. The molecule has 1 atom stereocenters. The van der Waals surface area contributed by atoms with E-state index in [9.17, 15) is 18.3 Å². The zero-order valence-electron chi connectivity index (χ0n) is 16.0. The Morgan fingerprint density at radius 2 is 1.67 bits per heavy atom. The Bertz CT molecular complexity index is 1370. The van der Waals surface area contributed by atoms with Gasteiger partial charge in [0.1, 0.15) is 6.04 Å². The van der Waals surface area contributed by atoms with E-state index in [2.05, 4.69) is 10.8 Å². The molecule has 0 fully saturated rings. The van der Waals surface area contributed by atoms with Gasteiger partial charge < -0.3 is 5.11 Å². The van der Waals surface area contributed by atoms with Crippen LogP contribution in [0.4, 0.5) is 0 Å². The van der Waals surface area contributed by atoms with Crippen LogP contribution in [0.15, 0.2) is 53.4 Å². The second-order valence-corrected chi connectivity index (χ2v) is 11.8. The summed E-state index contributed by atoms with van der Waals surface area (Å²) in [5.41, 5.74) is 1.06. The topological polar surface area (TPSA) is 83.5 Å². The first kappa shape index (κ1) is 21.3. The van der Waals surface area contributed by atoms with Crippen molar-refractivity contribution in [2.75, 3.05) is 0 Å². The van der Waals surface area contributed by atoms with Crippen molar-refractivity contribution in [1.82, 2.24) is 4.72 Å². The molecule has 0 aliphatic carbocycles. The summed E-state index contributed by atoms with van der Waals surface area (Å²) in [7, 11) is -3.96. The molecule has 2 aromatic carbocycles. The van der Waals surface area contributed by atoms with E-state index >= 15 is 0 Å². The summed E-state index contributed by atoms with van der Waals surface area (Å²) in [6.07, 6.45) is 0. The maximum Gasteiger partial charge on any atom is 0.322 e. The largest absolute Gasteiger partial charge is 0.480 e. The smallest absolute Gasteiger partial charge is 0.322 e. The van der Waals surface area contributed by atoms with E-state index in [1.165, 1.54) is 28.7 Å². The Balaban J connectivity index is 1.75. The van der Waals surface area contributed by atoms with E-state index in [4.69, 9.17) is 11.6 Å². The highest BCUT2D eigenvalue weighted by atomic mass is 35.5. The predicted molar refractivity (Wildman–Crippen MR) is 124 cm³/mol. The average molecular weight is 480 g/mol. The van der Waals surface area contributed by atoms with Crippen LogP contribution in [0.25, 0.3) is 30.6 Å². The van der Waals surface area contributed by atoms with E-state index < -0.39 is 22.0 Å². The number of carbonyl (C=O) groups is 1. The van der Waals surface area contributed by atoms with Crippen LogP contribution in [0.1, 0.15) is 13.8 Å². The molecule has 0 bridgehead atoms. The molecule has 0 saturated carbocycles. The summed E-state index contributed by atoms with van der Waals surface area (Å²) in [5.74, 6) is -1.58. The van der Waals surface area contributed by atoms with Crippen molar-refractivity contribution in [1.29, 1.82) is 0 Å². The zero-order valence-corrected chi connectivity index (χ0v) is 19.3. The molecule has 5 nitrogen and oxygen atoms in total. The van der Waals surface area contributed by atoms with Crippen LogP contribution >= 0.6 is 34.3 Å². The summed E-state index contributed by atoms with van der Waals surface area (Å²) in [6, 6.07) is 13.7. The van der Waals surface area contributed by atoms with Crippen LogP contribution in [0, 0.1) is 5.92 Å². The summed E-state index contributed by atoms with van der Waals surface area (Å²) in [5, 5.41) is 11.3. The van der Waals surface area contributed by atoms with Crippen LogP contribution in [-0.4, -0.2) is 25.5 Å². The first-order valence-electron chi connectivity index (χ1n) is 9.13. The first-order chi connectivity index (χ1) is 14.2. The van der Waals surface area contributed by atoms with Gasteiger partial charge in [-0.25, -0.2) is 8.42 Å². The Morgan fingerprint density at radius 1 is 1.00 bits per heavy atom. The number of carboxylic acid groups (broad SMARTS) is 1. The number of rotatable bonds is 6. The fourth-order valence-corrected chi connectivity index (χ4v) is 6.92. The first-order valence-corrected chi connectivity index (χ1v) is 12.6. The van der Waals surface area contributed by atoms with E-state index in [0.717, 1.165) is 34.9 Å². The van der Waals surface area contributed by atoms with Gasteiger partial charge in [-0.3, -0.25) is 4.79 Å². The van der Waals surface area contributed by atoms with Gasteiger partial charge >= 0.3 is 5.97 Å². The predicted octanol–water partition coefficient (Wildman–Crippen LogP) is 5.82. The number of aliphatic carboxylic acids is 1. The van der Waals surface area contributed by atoms with Crippen molar-refractivity contribution in [2.24, 2.45) is 5.92 Å². The lowest BCUT2D eigenvalue weighted by Crippen LogP contribution is -2.44. The maximum absolute atomic E-state index is 12.8. The molecule has 2 N–H and O–H groups in total. The fraction of sp³-hybridized carbons (Fsp3) is 0.190. The summed E-state index contributed by atoms with van der Waals surface area (Å²) in [6.45, 7) is 3.32. The highest BCUT2D eigenvalue weighted by molar-refractivity contribution is 7.89. The number of benzene rings is 2. The average Bonchev–Trinajstić information content (AvgIpc) is 3.27. The van der Waals surface area contributed by atoms with Gasteiger partial charge in [0.2, 0.25) is 10.0 Å². The minimum Gasteiger partial charge on any atom is -0.480 e. The van der Waals surface area contributed by atoms with E-state index in [1.54, 1.807) is 26.0 Å². The van der Waals surface area contributed by atoms with Gasteiger partial charge in [0.05, 0.1) is 9.23 Å². The quantitative estimate of drug-likeness (QED) is 0.364. The monoisotopic (exact) mass is 479 g/mol. The number of carboxylic acids is 1. The molecular formula is C21H18ClNO4S3. The van der Waals surface area contributed by atoms with Crippen molar-refractivity contribution < 1.29 is 18.3 Å². The third-order valence-electron chi connectivity index (χ3n) is 4.83. The lowest BCUT2D eigenvalue weighted by molar-refractivity contribution is -0.140. The number of fused-ring (bicyclic) bond motifs is 3. The number of sulfonamides is 1. The van der Waals surface area contributed by atoms with Crippen molar-refractivity contribution in [2.45, 2.75) is 24.8 Å². The van der Waals surface area contributed by atoms with E-state index in [0.29, 0.717) is 0 Å². The lowest BCUT2D eigenvalue weighted by atomic mass is 10.1. The maximum atomic E-state index is 12.8. The molecular weight excluding hydrogens is 462 g/mol. The lowest BCUT2D eigenvalue weighted by Gasteiger charge is -2.18. The molecule has 0 aliphatic heterocycles. The Kier molecular flexibility index (Phi) is 5.63. The van der Waals surface area contributed by atoms with Gasteiger partial charge in [0.25, 0.3) is 0 Å². The van der Waals surface area contributed by atoms with Gasteiger partial charge in [-0.1, -0.05) is 43.6 Å². The molecule has 2 heterocycles. The van der Waals surface area contributed by atoms with Gasteiger partial charge in [0.15, 0.2) is 0 Å². The Hall–Kier alpha value is -1.97. The van der Waals surface area contributed by atoms with Crippen LogP contribution in [-0.2, 0) is 14.8 Å². The number of halogens is 1. The Morgan fingerprint density at radius 3 is 2.27 bits per heavy atom. The number of thiophene rings is 2. The number of nitrogens with one attached hydrogen (secondary N) is 1. The standard InChI is InChI=1S/C21H18ClNO4S3/c1-11(2)20(21(24)25)23-30(26,27)13-4-6-15-14-5-3-12(16-7-8-19(22)29-16)9-17(14)28-18(15)10-13/h3-11,20,23H,1-2H3,(H,24,25)/t20-/m0/s1. The van der Waals surface area contributed by atoms with Gasteiger partial charge in [0, 0.05) is 25.0 Å². The molecule has 0 amide bonds. The van der Waals surface area contributed by atoms with Crippen molar-refractivity contribution >= 4 is 70.4 Å². The second-order valence-electron chi connectivity index (χ2n) is 7.26. The summed E-state index contributed by atoms with van der Waals surface area (Å²) < 4.78 is 30.4. The van der Waals surface area contributed by atoms with E-state index in [1.807, 2.05) is 24.3 Å². The third-order valence-corrected chi connectivity index (χ3v) is 8.66. The molecule has 0 spiro atoms.